The van der Waals surface area contributed by atoms with Gasteiger partial charge in [0.2, 0.25) is 0 Å². The number of carbonyl (C=O) groups excluding carboxylic acids is 2. The van der Waals surface area contributed by atoms with Crippen molar-refractivity contribution in [1.82, 2.24) is 9.88 Å². The molecule has 1 saturated heterocycles. The molecule has 0 radical (unpaired) electrons. The van der Waals surface area contributed by atoms with Crippen molar-refractivity contribution in [3.63, 3.8) is 0 Å². The molecule has 2 N–H and O–H groups in total. The summed E-state index contributed by atoms with van der Waals surface area (Å²) in [6.45, 7) is 0.140. The number of hydrogen-bond acceptors (Lipinski definition) is 5. The number of rotatable bonds is 4. The van der Waals surface area contributed by atoms with Crippen molar-refractivity contribution in [2.24, 2.45) is 0 Å². The lowest BCUT2D eigenvalue weighted by atomic mass is 9.95. The maximum atomic E-state index is 12.9. The van der Waals surface area contributed by atoms with E-state index in [1.807, 2.05) is 0 Å². The number of phenols is 1. The SMILES string of the molecule is O=C1C(=O)N(Cc2cccnc2)[C@H](c2ccc(O)cc2)C1=C(O)c1ccc(Cl)cc1. The van der Waals surface area contributed by atoms with Crippen LogP contribution < -0.4 is 0 Å². The summed E-state index contributed by atoms with van der Waals surface area (Å²) in [4.78, 5) is 31.3. The minimum absolute atomic E-state index is 0.0168. The molecule has 0 bridgehead atoms. The highest BCUT2D eigenvalue weighted by atomic mass is 35.5. The van der Waals surface area contributed by atoms with Gasteiger partial charge in [-0.05, 0) is 53.6 Å². The summed E-state index contributed by atoms with van der Waals surface area (Å²) in [5.41, 5.74) is 1.69. The van der Waals surface area contributed by atoms with Gasteiger partial charge in [0.1, 0.15) is 11.5 Å². The third-order valence-electron chi connectivity index (χ3n) is 4.94. The van der Waals surface area contributed by atoms with Gasteiger partial charge in [-0.15, -0.1) is 0 Å². The zero-order chi connectivity index (χ0) is 21.3. The van der Waals surface area contributed by atoms with Crippen LogP contribution in [0.5, 0.6) is 5.75 Å². The van der Waals surface area contributed by atoms with Gasteiger partial charge < -0.3 is 15.1 Å². The van der Waals surface area contributed by atoms with Crippen LogP contribution in [0.15, 0.2) is 78.6 Å². The highest BCUT2D eigenvalue weighted by molar-refractivity contribution is 6.46. The van der Waals surface area contributed by atoms with Crippen LogP contribution in [0.2, 0.25) is 5.02 Å². The van der Waals surface area contributed by atoms with Gasteiger partial charge >= 0.3 is 0 Å². The molecule has 0 saturated carbocycles. The quantitative estimate of drug-likeness (QED) is 0.377. The van der Waals surface area contributed by atoms with Gasteiger partial charge in [0.05, 0.1) is 11.6 Å². The van der Waals surface area contributed by atoms with Crippen LogP contribution in [-0.2, 0) is 16.1 Å². The molecule has 2 aromatic carbocycles. The Hall–Kier alpha value is -3.64. The van der Waals surface area contributed by atoms with E-state index in [4.69, 9.17) is 11.6 Å². The number of phenolic OH excluding ortho intramolecular Hbond substituents is 1. The Kier molecular flexibility index (Phi) is 5.25. The molecule has 1 aliphatic heterocycles. The molecule has 150 valence electrons. The Labute approximate surface area is 177 Å². The van der Waals surface area contributed by atoms with Crippen LogP contribution in [0, 0.1) is 0 Å². The molecule has 1 aliphatic rings. The van der Waals surface area contributed by atoms with E-state index >= 15 is 0 Å². The minimum atomic E-state index is -0.818. The third-order valence-corrected chi connectivity index (χ3v) is 5.19. The van der Waals surface area contributed by atoms with E-state index in [0.29, 0.717) is 16.1 Å². The Balaban J connectivity index is 1.85. The minimum Gasteiger partial charge on any atom is -0.508 e. The van der Waals surface area contributed by atoms with E-state index in [-0.39, 0.29) is 23.6 Å². The fourth-order valence-corrected chi connectivity index (χ4v) is 3.62. The summed E-state index contributed by atoms with van der Waals surface area (Å²) in [7, 11) is 0. The highest BCUT2D eigenvalue weighted by Crippen LogP contribution is 2.40. The number of nitrogens with zero attached hydrogens (tertiary/aromatic N) is 2. The molecule has 30 heavy (non-hydrogen) atoms. The summed E-state index contributed by atoms with van der Waals surface area (Å²) in [6, 6.07) is 15.3. The van der Waals surface area contributed by atoms with Crippen molar-refractivity contribution in [3.8, 4) is 5.75 Å². The molecular weight excluding hydrogens is 404 g/mol. The predicted molar refractivity (Wildman–Crippen MR) is 112 cm³/mol. The second-order valence-electron chi connectivity index (χ2n) is 6.89. The monoisotopic (exact) mass is 420 g/mol. The topological polar surface area (TPSA) is 90.7 Å². The lowest BCUT2D eigenvalue weighted by Crippen LogP contribution is -2.29. The first-order valence-corrected chi connectivity index (χ1v) is 9.55. The van der Waals surface area contributed by atoms with E-state index in [0.717, 1.165) is 5.56 Å². The molecule has 7 heteroatoms. The number of amides is 1. The molecular formula is C23H17ClN2O4. The molecule has 1 atom stereocenters. The van der Waals surface area contributed by atoms with Crippen LogP contribution in [0.1, 0.15) is 22.7 Å². The first-order chi connectivity index (χ1) is 14.5. The number of benzene rings is 2. The molecule has 2 heterocycles. The van der Waals surface area contributed by atoms with Gasteiger partial charge in [0, 0.05) is 29.5 Å². The van der Waals surface area contributed by atoms with E-state index in [2.05, 4.69) is 4.98 Å². The van der Waals surface area contributed by atoms with Crippen molar-refractivity contribution in [2.45, 2.75) is 12.6 Å². The van der Waals surface area contributed by atoms with Crippen LogP contribution in [0.25, 0.3) is 5.76 Å². The first kappa shape index (κ1) is 19.7. The lowest BCUT2D eigenvalue weighted by molar-refractivity contribution is -0.140. The number of aliphatic hydroxyl groups is 1. The van der Waals surface area contributed by atoms with E-state index < -0.39 is 17.7 Å². The number of Topliss-reactive ketones (excluding diaryl/α,β-unsaturated/α-hetero) is 1. The number of likely N-dealkylation sites (tertiary alicyclic amines) is 1. The largest absolute Gasteiger partial charge is 0.508 e. The highest BCUT2D eigenvalue weighted by Gasteiger charge is 2.46. The van der Waals surface area contributed by atoms with E-state index in [1.165, 1.54) is 17.0 Å². The van der Waals surface area contributed by atoms with Crippen molar-refractivity contribution >= 4 is 29.1 Å². The van der Waals surface area contributed by atoms with Crippen LogP contribution in [0.4, 0.5) is 0 Å². The molecule has 6 nitrogen and oxygen atoms in total. The maximum absolute atomic E-state index is 12.9. The molecule has 1 aromatic heterocycles. The summed E-state index contributed by atoms with van der Waals surface area (Å²) < 4.78 is 0. The summed E-state index contributed by atoms with van der Waals surface area (Å²) in [5, 5.41) is 21.1. The van der Waals surface area contributed by atoms with Crippen molar-refractivity contribution in [1.29, 1.82) is 0 Å². The zero-order valence-electron chi connectivity index (χ0n) is 15.7. The second-order valence-corrected chi connectivity index (χ2v) is 7.32. The second kappa shape index (κ2) is 8.00. The normalized spacial score (nSPS) is 18.0. The van der Waals surface area contributed by atoms with Crippen molar-refractivity contribution in [2.75, 3.05) is 0 Å². The summed E-state index contributed by atoms with van der Waals surface area (Å²) in [5.74, 6) is -1.71. The number of pyridine rings is 1. The average Bonchev–Trinajstić information content (AvgIpc) is 3.00. The van der Waals surface area contributed by atoms with Gasteiger partial charge in [0.25, 0.3) is 11.7 Å². The molecule has 1 amide bonds. The summed E-state index contributed by atoms with van der Waals surface area (Å²) in [6.07, 6.45) is 3.24. The lowest BCUT2D eigenvalue weighted by Gasteiger charge is -2.25. The van der Waals surface area contributed by atoms with E-state index in [9.17, 15) is 19.8 Å². The standard InChI is InChI=1S/C23H17ClN2O4/c24-17-7-3-16(4-8-17)21(28)19-20(15-5-9-18(27)10-6-15)26(23(30)22(19)29)13-14-2-1-11-25-12-14/h1-12,20,27-28H,13H2/t20-/m1/s1. The molecule has 1 fully saturated rings. The van der Waals surface area contributed by atoms with Gasteiger partial charge in [-0.25, -0.2) is 0 Å². The molecule has 4 rings (SSSR count). The molecule has 3 aromatic rings. The Morgan fingerprint density at radius 2 is 1.73 bits per heavy atom. The number of hydrogen-bond donors (Lipinski definition) is 2. The number of aromatic hydroxyl groups is 1. The zero-order valence-corrected chi connectivity index (χ0v) is 16.5. The molecule has 0 aliphatic carbocycles. The van der Waals surface area contributed by atoms with Gasteiger partial charge in [-0.1, -0.05) is 29.8 Å². The van der Waals surface area contributed by atoms with Gasteiger partial charge in [-0.2, -0.15) is 0 Å². The fraction of sp³-hybridized carbons (Fsp3) is 0.0870. The number of halogens is 1. The average molecular weight is 421 g/mol. The fourth-order valence-electron chi connectivity index (χ4n) is 3.50. The smallest absolute Gasteiger partial charge is 0.295 e. The van der Waals surface area contributed by atoms with Crippen molar-refractivity contribution < 1.29 is 19.8 Å². The predicted octanol–water partition coefficient (Wildman–Crippen LogP) is 4.06. The molecule has 0 spiro atoms. The van der Waals surface area contributed by atoms with Crippen LogP contribution in [0.3, 0.4) is 0 Å². The third kappa shape index (κ3) is 3.65. The molecule has 0 unspecified atom stereocenters. The van der Waals surface area contributed by atoms with Gasteiger partial charge in [0.15, 0.2) is 0 Å². The number of aromatic nitrogens is 1. The number of ketones is 1. The van der Waals surface area contributed by atoms with Gasteiger partial charge in [-0.3, -0.25) is 14.6 Å². The Morgan fingerprint density at radius 3 is 2.37 bits per heavy atom. The van der Waals surface area contributed by atoms with Crippen LogP contribution >= 0.6 is 11.6 Å². The summed E-state index contributed by atoms with van der Waals surface area (Å²) >= 11 is 5.92. The number of carbonyl (C=O) groups is 2. The first-order valence-electron chi connectivity index (χ1n) is 9.18. The van der Waals surface area contributed by atoms with Crippen molar-refractivity contribution in [3.05, 3.63) is 100 Å². The Morgan fingerprint density at radius 1 is 1.03 bits per heavy atom. The van der Waals surface area contributed by atoms with Crippen LogP contribution in [-0.4, -0.2) is 31.8 Å². The number of aliphatic hydroxyl groups excluding tert-OH is 1. The Bertz CT molecular complexity index is 1130. The van der Waals surface area contributed by atoms with E-state index in [1.54, 1.807) is 60.9 Å². The maximum Gasteiger partial charge on any atom is 0.295 e.